The van der Waals surface area contributed by atoms with Crippen LogP contribution < -0.4 is 0 Å². The molecule has 0 unspecified atom stereocenters. The molecule has 0 rings (SSSR count). The Labute approximate surface area is 88.5 Å². The minimum atomic E-state index is -4.67. The summed E-state index contributed by atoms with van der Waals surface area (Å²) < 4.78 is 31.6. The molecule has 0 aliphatic heterocycles. The van der Waals surface area contributed by atoms with Gasteiger partial charge in [-0.05, 0) is 0 Å². The number of rotatable bonds is 0. The Kier molecular flexibility index (Phi) is 17.1. The Bertz CT molecular complexity index is 91.7. The van der Waals surface area contributed by atoms with E-state index in [9.17, 15) is 0 Å². The van der Waals surface area contributed by atoms with Crippen molar-refractivity contribution in [2.45, 2.75) is 0 Å². The third-order valence-electron chi connectivity index (χ3n) is 0. The standard InChI is InChI=1S/K.H2O4S.H2O2.H/c;1-5(2,3)4;1-2;/h;(H2,1,2,3,4);1-2H;. The molecule has 0 radical (unpaired) electrons. The molecule has 6 nitrogen and oxygen atoms in total. The topological polar surface area (TPSA) is 115 Å². The Hall–Kier alpha value is 1.43. The Morgan fingerprint density at radius 2 is 1.00 bits per heavy atom. The van der Waals surface area contributed by atoms with Crippen LogP contribution in [-0.2, 0) is 10.4 Å². The van der Waals surface area contributed by atoms with E-state index >= 15 is 0 Å². The zero-order valence-electron chi connectivity index (χ0n) is 3.01. The molecular weight excluding hydrogens is 167 g/mol. The van der Waals surface area contributed by atoms with Gasteiger partial charge in [0.1, 0.15) is 0 Å². The zero-order valence-corrected chi connectivity index (χ0v) is 3.83. The van der Waals surface area contributed by atoms with Crippen molar-refractivity contribution in [3.8, 4) is 0 Å². The van der Waals surface area contributed by atoms with Gasteiger partial charge in [0, 0.05) is 0 Å². The van der Waals surface area contributed by atoms with Crippen LogP contribution in [0.3, 0.4) is 0 Å². The van der Waals surface area contributed by atoms with E-state index < -0.39 is 10.4 Å². The molecule has 0 fully saturated rings. The quantitative estimate of drug-likeness (QED) is 0.156. The summed E-state index contributed by atoms with van der Waals surface area (Å²) in [6.07, 6.45) is 0. The van der Waals surface area contributed by atoms with Crippen LogP contribution in [-0.4, -0.2) is 79.4 Å². The van der Waals surface area contributed by atoms with Gasteiger partial charge in [0.05, 0.1) is 0 Å². The van der Waals surface area contributed by atoms with Gasteiger partial charge in [-0.15, -0.1) is 0 Å². The maximum atomic E-state index is 8.74. The van der Waals surface area contributed by atoms with Crippen LogP contribution in [0.4, 0.5) is 0 Å². The molecule has 0 aromatic rings. The van der Waals surface area contributed by atoms with Crippen LogP contribution >= 0.6 is 0 Å². The second-order valence-electron chi connectivity index (χ2n) is 0.448. The van der Waals surface area contributed by atoms with Gasteiger partial charge < -0.3 is 0 Å². The van der Waals surface area contributed by atoms with Crippen molar-refractivity contribution in [3.63, 3.8) is 0 Å². The molecule has 4 N–H and O–H groups in total. The predicted molar refractivity (Wildman–Crippen MR) is 26.6 cm³/mol. The van der Waals surface area contributed by atoms with Crippen molar-refractivity contribution in [1.82, 2.24) is 0 Å². The molecule has 48 valence electrons. The monoisotopic (exact) mass is 172 g/mol. The van der Waals surface area contributed by atoms with Gasteiger partial charge >= 0.3 is 61.8 Å². The first kappa shape index (κ1) is 16.2. The summed E-state index contributed by atoms with van der Waals surface area (Å²) >= 11 is 0. The first-order valence-corrected chi connectivity index (χ1v) is 2.30. The van der Waals surface area contributed by atoms with Gasteiger partial charge in [-0.2, -0.15) is 8.42 Å². The molecule has 0 heterocycles. The summed E-state index contributed by atoms with van der Waals surface area (Å²) in [6.45, 7) is 0. The molecule has 0 aliphatic rings. The van der Waals surface area contributed by atoms with E-state index in [0.717, 1.165) is 0 Å². The van der Waals surface area contributed by atoms with Crippen LogP contribution in [0.1, 0.15) is 0 Å². The molecular formula is H5KO6S. The van der Waals surface area contributed by atoms with E-state index in [4.69, 9.17) is 28.0 Å². The Balaban J connectivity index is -0.0000000750. The van der Waals surface area contributed by atoms with Crippen LogP contribution in [0, 0.1) is 0 Å². The van der Waals surface area contributed by atoms with Gasteiger partial charge in [-0.25, -0.2) is 0 Å². The second kappa shape index (κ2) is 8.43. The van der Waals surface area contributed by atoms with Crippen molar-refractivity contribution in [1.29, 1.82) is 0 Å². The first-order valence-electron chi connectivity index (χ1n) is 0.898. The SMILES string of the molecule is O=S(=O)(O)O.OO.[KH]. The molecule has 0 bridgehead atoms. The van der Waals surface area contributed by atoms with Gasteiger partial charge in [-0.1, -0.05) is 0 Å². The summed E-state index contributed by atoms with van der Waals surface area (Å²) in [5, 5.41) is 12.0. The first-order chi connectivity index (χ1) is 3.00. The van der Waals surface area contributed by atoms with Crippen molar-refractivity contribution in [2.24, 2.45) is 0 Å². The van der Waals surface area contributed by atoms with Crippen molar-refractivity contribution >= 4 is 61.8 Å². The van der Waals surface area contributed by atoms with Gasteiger partial charge in [-0.3, -0.25) is 19.6 Å². The molecule has 0 aromatic carbocycles. The predicted octanol–water partition coefficient (Wildman–Crippen LogP) is -1.28. The van der Waals surface area contributed by atoms with Gasteiger partial charge in [0.2, 0.25) is 0 Å². The fourth-order valence-electron chi connectivity index (χ4n) is 0. The van der Waals surface area contributed by atoms with E-state index in [1.165, 1.54) is 0 Å². The second-order valence-corrected chi connectivity index (χ2v) is 1.34. The van der Waals surface area contributed by atoms with E-state index in [-0.39, 0.29) is 51.4 Å². The number of hydrogen-bond donors (Lipinski definition) is 4. The summed E-state index contributed by atoms with van der Waals surface area (Å²) in [7, 11) is -4.67. The van der Waals surface area contributed by atoms with Gasteiger partial charge in [0.15, 0.2) is 0 Å². The van der Waals surface area contributed by atoms with Gasteiger partial charge in [0.25, 0.3) is 0 Å². The molecule has 0 amide bonds. The molecule has 0 saturated heterocycles. The van der Waals surface area contributed by atoms with E-state index in [2.05, 4.69) is 0 Å². The minimum absolute atomic E-state index is 0. The average molecular weight is 172 g/mol. The summed E-state index contributed by atoms with van der Waals surface area (Å²) in [5.41, 5.74) is 0. The van der Waals surface area contributed by atoms with E-state index in [0.29, 0.717) is 0 Å². The third kappa shape index (κ3) is 151. The van der Waals surface area contributed by atoms with Crippen LogP contribution in [0.2, 0.25) is 0 Å². The summed E-state index contributed by atoms with van der Waals surface area (Å²) in [5.74, 6) is 0. The fraction of sp³-hybridized carbons (Fsp3) is 0. The zero-order chi connectivity index (χ0) is 6.50. The Morgan fingerprint density at radius 1 is 1.00 bits per heavy atom. The van der Waals surface area contributed by atoms with E-state index in [1.54, 1.807) is 0 Å². The summed E-state index contributed by atoms with van der Waals surface area (Å²) in [6, 6.07) is 0. The normalized spacial score (nSPS) is 8.00. The van der Waals surface area contributed by atoms with Crippen molar-refractivity contribution in [3.05, 3.63) is 0 Å². The molecule has 0 aliphatic carbocycles. The average Bonchev–Trinajstić information content (AvgIpc) is 1.36. The van der Waals surface area contributed by atoms with E-state index in [1.807, 2.05) is 0 Å². The number of hydrogen-bond acceptors (Lipinski definition) is 4. The molecule has 0 spiro atoms. The Morgan fingerprint density at radius 3 is 1.00 bits per heavy atom. The molecule has 8 heavy (non-hydrogen) atoms. The molecule has 0 saturated carbocycles. The maximum absolute atomic E-state index is 8.74. The van der Waals surface area contributed by atoms with Crippen LogP contribution in [0.25, 0.3) is 0 Å². The fourth-order valence-corrected chi connectivity index (χ4v) is 0. The molecule has 8 heteroatoms. The van der Waals surface area contributed by atoms with Crippen LogP contribution in [0.15, 0.2) is 0 Å². The summed E-state index contributed by atoms with van der Waals surface area (Å²) in [4.78, 5) is 0. The molecule has 0 atom stereocenters. The van der Waals surface area contributed by atoms with Crippen molar-refractivity contribution < 1.29 is 28.0 Å². The van der Waals surface area contributed by atoms with Crippen molar-refractivity contribution in [2.75, 3.05) is 0 Å². The molecule has 0 aromatic heterocycles. The third-order valence-corrected chi connectivity index (χ3v) is 0. The van der Waals surface area contributed by atoms with Crippen LogP contribution in [0.5, 0.6) is 0 Å².